The van der Waals surface area contributed by atoms with Crippen LogP contribution >= 0.6 is 11.6 Å². The molecule has 0 spiro atoms. The van der Waals surface area contributed by atoms with E-state index >= 15 is 0 Å². The predicted molar refractivity (Wildman–Crippen MR) is 68.6 cm³/mol. The Morgan fingerprint density at radius 3 is 3.11 bits per heavy atom. The summed E-state index contributed by atoms with van der Waals surface area (Å²) >= 11 is 5.89. The van der Waals surface area contributed by atoms with Crippen molar-refractivity contribution in [2.24, 2.45) is 0 Å². The van der Waals surface area contributed by atoms with Crippen LogP contribution < -0.4 is 5.32 Å². The zero-order chi connectivity index (χ0) is 12.5. The quantitative estimate of drug-likeness (QED) is 0.758. The molecular weight excluding hydrogens is 252 g/mol. The van der Waals surface area contributed by atoms with Crippen molar-refractivity contribution in [3.63, 3.8) is 0 Å². The SMILES string of the molecule is Cc1[nH]ncc1CNc1nc2ccc(Cl)cn2n1. The first-order chi connectivity index (χ1) is 8.72. The molecule has 0 radical (unpaired) electrons. The Hall–Kier alpha value is -2.08. The highest BCUT2D eigenvalue weighted by molar-refractivity contribution is 6.30. The summed E-state index contributed by atoms with van der Waals surface area (Å²) in [6.45, 7) is 2.60. The minimum atomic E-state index is 0.567. The topological polar surface area (TPSA) is 70.9 Å². The average Bonchev–Trinajstić information content (AvgIpc) is 2.92. The fraction of sp³-hybridized carbons (Fsp3) is 0.182. The molecule has 92 valence electrons. The largest absolute Gasteiger partial charge is 0.349 e. The van der Waals surface area contributed by atoms with Gasteiger partial charge in [0.2, 0.25) is 5.95 Å². The first-order valence-corrected chi connectivity index (χ1v) is 5.85. The van der Waals surface area contributed by atoms with E-state index in [0.717, 1.165) is 16.9 Å². The van der Waals surface area contributed by atoms with Gasteiger partial charge in [-0.3, -0.25) is 5.10 Å². The van der Waals surface area contributed by atoms with E-state index < -0.39 is 0 Å². The zero-order valence-electron chi connectivity index (χ0n) is 9.68. The summed E-state index contributed by atoms with van der Waals surface area (Å²) in [6.07, 6.45) is 3.51. The Balaban J connectivity index is 1.81. The standard InChI is InChI=1S/C11H11ClN6/c1-7-8(5-14-16-7)4-13-11-15-10-3-2-9(12)6-18(10)17-11/h2-3,5-6H,4H2,1H3,(H,13,17)(H,14,16). The average molecular weight is 263 g/mol. The molecule has 7 heteroatoms. The van der Waals surface area contributed by atoms with Crippen LogP contribution in [0.4, 0.5) is 5.95 Å². The molecule has 0 fully saturated rings. The number of pyridine rings is 1. The maximum Gasteiger partial charge on any atom is 0.243 e. The molecule has 0 aliphatic heterocycles. The van der Waals surface area contributed by atoms with Gasteiger partial charge in [0.15, 0.2) is 5.65 Å². The van der Waals surface area contributed by atoms with Gasteiger partial charge in [0.05, 0.1) is 11.2 Å². The molecule has 3 aromatic heterocycles. The Morgan fingerprint density at radius 2 is 2.33 bits per heavy atom. The van der Waals surface area contributed by atoms with Crippen molar-refractivity contribution in [3.05, 3.63) is 40.8 Å². The fourth-order valence-electron chi connectivity index (χ4n) is 1.66. The second kappa shape index (κ2) is 4.30. The summed E-state index contributed by atoms with van der Waals surface area (Å²) in [5.41, 5.74) is 2.88. The van der Waals surface area contributed by atoms with E-state index in [2.05, 4.69) is 25.6 Å². The molecule has 2 N–H and O–H groups in total. The van der Waals surface area contributed by atoms with Crippen molar-refractivity contribution in [3.8, 4) is 0 Å². The van der Waals surface area contributed by atoms with Crippen LogP contribution in [-0.2, 0) is 6.54 Å². The van der Waals surface area contributed by atoms with E-state index in [-0.39, 0.29) is 0 Å². The molecule has 0 atom stereocenters. The summed E-state index contributed by atoms with van der Waals surface area (Å²) in [4.78, 5) is 4.33. The molecule has 0 saturated heterocycles. The molecule has 0 aliphatic carbocycles. The lowest BCUT2D eigenvalue weighted by Gasteiger charge is -1.99. The summed E-state index contributed by atoms with van der Waals surface area (Å²) in [7, 11) is 0. The van der Waals surface area contributed by atoms with Gasteiger partial charge in [-0.25, -0.2) is 4.52 Å². The Bertz CT molecular complexity index is 686. The number of hydrogen-bond acceptors (Lipinski definition) is 4. The predicted octanol–water partition coefficient (Wildman–Crippen LogP) is 2.03. The van der Waals surface area contributed by atoms with Gasteiger partial charge in [-0.15, -0.1) is 5.10 Å². The monoisotopic (exact) mass is 262 g/mol. The first-order valence-electron chi connectivity index (χ1n) is 5.47. The van der Waals surface area contributed by atoms with E-state index in [1.54, 1.807) is 23.0 Å². The maximum atomic E-state index is 5.89. The van der Waals surface area contributed by atoms with Gasteiger partial charge < -0.3 is 5.32 Å². The van der Waals surface area contributed by atoms with Gasteiger partial charge >= 0.3 is 0 Å². The minimum Gasteiger partial charge on any atom is -0.349 e. The van der Waals surface area contributed by atoms with E-state index in [4.69, 9.17) is 11.6 Å². The number of anilines is 1. The lowest BCUT2D eigenvalue weighted by molar-refractivity contribution is 0.949. The molecule has 3 rings (SSSR count). The van der Waals surface area contributed by atoms with Gasteiger partial charge in [-0.05, 0) is 19.1 Å². The lowest BCUT2D eigenvalue weighted by Crippen LogP contribution is -2.01. The number of H-pyrrole nitrogens is 1. The number of halogens is 1. The summed E-state index contributed by atoms with van der Waals surface area (Å²) in [6, 6.07) is 3.61. The summed E-state index contributed by atoms with van der Waals surface area (Å²) < 4.78 is 1.65. The first kappa shape index (κ1) is 11.0. The van der Waals surface area contributed by atoms with Crippen molar-refractivity contribution in [1.29, 1.82) is 0 Å². The van der Waals surface area contributed by atoms with Crippen LogP contribution in [0.15, 0.2) is 24.5 Å². The van der Waals surface area contributed by atoms with Crippen LogP contribution in [0.25, 0.3) is 5.65 Å². The van der Waals surface area contributed by atoms with Gasteiger partial charge in [0.1, 0.15) is 0 Å². The number of nitrogens with one attached hydrogen (secondary N) is 2. The van der Waals surface area contributed by atoms with Crippen molar-refractivity contribution >= 4 is 23.2 Å². The number of aromatic amines is 1. The van der Waals surface area contributed by atoms with Crippen LogP contribution in [0.5, 0.6) is 0 Å². The second-order valence-corrected chi connectivity index (χ2v) is 4.40. The molecular formula is C11H11ClN6. The van der Waals surface area contributed by atoms with Crippen LogP contribution in [0.1, 0.15) is 11.3 Å². The van der Waals surface area contributed by atoms with Crippen LogP contribution in [0.3, 0.4) is 0 Å². The Kier molecular flexibility index (Phi) is 2.64. The third kappa shape index (κ3) is 2.02. The third-order valence-electron chi connectivity index (χ3n) is 2.67. The molecule has 0 saturated carbocycles. The Labute approximate surface area is 108 Å². The Morgan fingerprint density at radius 1 is 1.44 bits per heavy atom. The zero-order valence-corrected chi connectivity index (χ0v) is 10.4. The molecule has 0 unspecified atom stereocenters. The van der Waals surface area contributed by atoms with Gasteiger partial charge in [0, 0.05) is 24.0 Å². The van der Waals surface area contributed by atoms with Crippen LogP contribution in [0.2, 0.25) is 5.02 Å². The van der Waals surface area contributed by atoms with E-state index in [0.29, 0.717) is 17.5 Å². The number of nitrogens with zero attached hydrogens (tertiary/aromatic N) is 4. The highest BCUT2D eigenvalue weighted by Gasteiger charge is 2.05. The maximum absolute atomic E-state index is 5.89. The molecule has 0 amide bonds. The van der Waals surface area contributed by atoms with Crippen molar-refractivity contribution in [2.75, 3.05) is 5.32 Å². The second-order valence-electron chi connectivity index (χ2n) is 3.96. The van der Waals surface area contributed by atoms with Crippen LogP contribution in [0, 0.1) is 6.92 Å². The lowest BCUT2D eigenvalue weighted by atomic mass is 10.3. The molecule has 18 heavy (non-hydrogen) atoms. The smallest absolute Gasteiger partial charge is 0.243 e. The number of rotatable bonds is 3. The molecule has 6 nitrogen and oxygen atoms in total. The number of hydrogen-bond donors (Lipinski definition) is 2. The van der Waals surface area contributed by atoms with Gasteiger partial charge in [0.25, 0.3) is 0 Å². The van der Waals surface area contributed by atoms with Gasteiger partial charge in [-0.1, -0.05) is 11.6 Å². The number of aryl methyl sites for hydroxylation is 1. The van der Waals surface area contributed by atoms with E-state index in [9.17, 15) is 0 Å². The summed E-state index contributed by atoms with van der Waals surface area (Å²) in [5, 5.41) is 14.9. The van der Waals surface area contributed by atoms with E-state index in [1.807, 2.05) is 13.0 Å². The highest BCUT2D eigenvalue weighted by Crippen LogP contribution is 2.12. The minimum absolute atomic E-state index is 0.567. The van der Waals surface area contributed by atoms with Crippen LogP contribution in [-0.4, -0.2) is 24.8 Å². The molecule has 3 heterocycles. The van der Waals surface area contributed by atoms with Crippen molar-refractivity contribution < 1.29 is 0 Å². The number of aromatic nitrogens is 5. The molecule has 0 aromatic carbocycles. The fourth-order valence-corrected chi connectivity index (χ4v) is 1.82. The third-order valence-corrected chi connectivity index (χ3v) is 2.89. The molecule has 3 aromatic rings. The molecule has 0 aliphatic rings. The summed E-state index contributed by atoms with van der Waals surface area (Å²) in [5.74, 6) is 0.567. The van der Waals surface area contributed by atoms with Crippen molar-refractivity contribution in [1.82, 2.24) is 24.8 Å². The van der Waals surface area contributed by atoms with E-state index in [1.165, 1.54) is 0 Å². The number of fused-ring (bicyclic) bond motifs is 1. The normalized spacial score (nSPS) is 11.0. The van der Waals surface area contributed by atoms with Crippen molar-refractivity contribution in [2.45, 2.75) is 13.5 Å². The highest BCUT2D eigenvalue weighted by atomic mass is 35.5. The van der Waals surface area contributed by atoms with Gasteiger partial charge in [-0.2, -0.15) is 10.1 Å². The molecule has 0 bridgehead atoms.